The van der Waals surface area contributed by atoms with Gasteiger partial charge in [-0.3, -0.25) is 0 Å². The van der Waals surface area contributed by atoms with Gasteiger partial charge in [-0.25, -0.2) is 4.39 Å². The molecule has 0 amide bonds. The first-order chi connectivity index (χ1) is 8.63. The Morgan fingerprint density at radius 2 is 2.33 bits per heavy atom. The van der Waals surface area contributed by atoms with Gasteiger partial charge in [-0.1, -0.05) is 31.6 Å². The lowest BCUT2D eigenvalue weighted by Crippen LogP contribution is -2.24. The maximum Gasteiger partial charge on any atom is 0.135 e. The van der Waals surface area contributed by atoms with Crippen LogP contribution in [0.5, 0.6) is 0 Å². The van der Waals surface area contributed by atoms with Crippen LogP contribution in [0.25, 0.3) is 0 Å². The number of anilines is 1. The molecule has 0 aromatic heterocycles. The van der Waals surface area contributed by atoms with Crippen LogP contribution in [0.1, 0.15) is 31.7 Å². The molecule has 1 aromatic rings. The third-order valence-electron chi connectivity index (χ3n) is 3.56. The lowest BCUT2D eigenvalue weighted by atomic mass is 10.0. The zero-order chi connectivity index (χ0) is 13.1. The molecule has 18 heavy (non-hydrogen) atoms. The predicted octanol–water partition coefficient (Wildman–Crippen LogP) is 3.09. The summed E-state index contributed by atoms with van der Waals surface area (Å²) in [6.45, 7) is 4.14. The molecule has 0 saturated carbocycles. The minimum absolute atomic E-state index is 0.141. The van der Waals surface area contributed by atoms with Crippen LogP contribution < -0.4 is 10.6 Å². The summed E-state index contributed by atoms with van der Waals surface area (Å²) < 4.78 is 13.8. The topological polar surface area (TPSA) is 29.3 Å². The van der Waals surface area contributed by atoms with Crippen molar-refractivity contribution in [2.24, 2.45) is 11.7 Å². The van der Waals surface area contributed by atoms with Gasteiger partial charge in [0.2, 0.25) is 0 Å². The minimum Gasteiger partial charge on any atom is -0.389 e. The fourth-order valence-electron chi connectivity index (χ4n) is 2.72. The summed E-state index contributed by atoms with van der Waals surface area (Å²) in [5.41, 5.74) is 6.88. The Labute approximate surface area is 113 Å². The summed E-state index contributed by atoms with van der Waals surface area (Å²) >= 11 is 4.96. The van der Waals surface area contributed by atoms with Crippen LogP contribution in [0.3, 0.4) is 0 Å². The first-order valence-corrected chi connectivity index (χ1v) is 6.87. The van der Waals surface area contributed by atoms with E-state index in [1.54, 1.807) is 6.07 Å². The quantitative estimate of drug-likeness (QED) is 0.849. The molecule has 1 heterocycles. The molecule has 1 saturated heterocycles. The molecule has 2 N–H and O–H groups in total. The van der Waals surface area contributed by atoms with Crippen LogP contribution in [-0.4, -0.2) is 18.1 Å². The van der Waals surface area contributed by atoms with Gasteiger partial charge in [0.05, 0.1) is 5.56 Å². The fraction of sp³-hybridized carbons (Fsp3) is 0.500. The predicted molar refractivity (Wildman–Crippen MR) is 77.5 cm³/mol. The van der Waals surface area contributed by atoms with Crippen LogP contribution in [-0.2, 0) is 0 Å². The fourth-order valence-corrected chi connectivity index (χ4v) is 2.92. The van der Waals surface area contributed by atoms with E-state index in [4.69, 9.17) is 18.0 Å². The van der Waals surface area contributed by atoms with Crippen LogP contribution in [0.4, 0.5) is 10.1 Å². The van der Waals surface area contributed by atoms with E-state index in [0.29, 0.717) is 11.5 Å². The highest BCUT2D eigenvalue weighted by Crippen LogP contribution is 2.30. The molecule has 2 nitrogen and oxygen atoms in total. The Bertz CT molecular complexity index is 447. The number of nitrogens with two attached hydrogens (primary N) is 1. The minimum atomic E-state index is -0.320. The molecular weight excluding hydrogens is 247 g/mol. The number of nitrogens with zero attached hydrogens (tertiary/aromatic N) is 1. The Morgan fingerprint density at radius 3 is 3.00 bits per heavy atom. The van der Waals surface area contributed by atoms with Crippen LogP contribution >= 0.6 is 12.2 Å². The van der Waals surface area contributed by atoms with Crippen LogP contribution in [0.15, 0.2) is 18.2 Å². The first-order valence-electron chi connectivity index (χ1n) is 6.46. The molecule has 4 heteroatoms. The van der Waals surface area contributed by atoms with E-state index < -0.39 is 0 Å². The third kappa shape index (κ3) is 2.64. The maximum atomic E-state index is 13.8. The van der Waals surface area contributed by atoms with Crippen molar-refractivity contribution in [2.75, 3.05) is 18.0 Å². The molecule has 0 bridgehead atoms. The normalized spacial score (nSPS) is 19.2. The molecule has 2 rings (SSSR count). The molecule has 0 radical (unpaired) electrons. The largest absolute Gasteiger partial charge is 0.389 e. The Hall–Kier alpha value is -1.16. The molecule has 1 atom stereocenters. The number of hydrogen-bond acceptors (Lipinski definition) is 2. The molecule has 1 aromatic carbocycles. The highest BCUT2D eigenvalue weighted by atomic mass is 32.1. The van der Waals surface area contributed by atoms with E-state index >= 15 is 0 Å². The van der Waals surface area contributed by atoms with Crippen molar-refractivity contribution in [1.29, 1.82) is 0 Å². The van der Waals surface area contributed by atoms with Crippen LogP contribution in [0.2, 0.25) is 0 Å². The van der Waals surface area contributed by atoms with Gasteiger partial charge in [-0.05, 0) is 30.9 Å². The second-order valence-electron chi connectivity index (χ2n) is 4.89. The first kappa shape index (κ1) is 13.3. The second kappa shape index (κ2) is 5.65. The molecular formula is C14H19FN2S. The zero-order valence-corrected chi connectivity index (χ0v) is 11.5. The van der Waals surface area contributed by atoms with Crippen molar-refractivity contribution in [1.82, 2.24) is 0 Å². The number of benzene rings is 1. The lowest BCUT2D eigenvalue weighted by Gasteiger charge is -2.22. The van der Waals surface area contributed by atoms with E-state index in [2.05, 4.69) is 11.8 Å². The molecule has 1 aliphatic heterocycles. The molecule has 0 spiro atoms. The smallest absolute Gasteiger partial charge is 0.135 e. The van der Waals surface area contributed by atoms with Gasteiger partial charge in [-0.15, -0.1) is 0 Å². The molecule has 1 fully saturated rings. The summed E-state index contributed by atoms with van der Waals surface area (Å²) in [6, 6.07) is 5.04. The van der Waals surface area contributed by atoms with E-state index in [1.165, 1.54) is 25.3 Å². The van der Waals surface area contributed by atoms with E-state index in [-0.39, 0.29) is 10.8 Å². The van der Waals surface area contributed by atoms with Crippen molar-refractivity contribution in [3.8, 4) is 0 Å². The number of rotatable bonds is 4. The standard InChI is InChI=1S/C14H19FN2S/c1-2-4-10-7-8-17(9-10)12-6-3-5-11(15)13(12)14(16)18/h3,5-6,10H,2,4,7-9H2,1H3,(H2,16,18). The molecule has 1 unspecified atom stereocenters. The molecule has 1 aliphatic rings. The summed E-state index contributed by atoms with van der Waals surface area (Å²) in [5.74, 6) is 0.386. The second-order valence-corrected chi connectivity index (χ2v) is 5.33. The van der Waals surface area contributed by atoms with Crippen molar-refractivity contribution in [3.63, 3.8) is 0 Å². The SMILES string of the molecule is CCCC1CCN(c2cccc(F)c2C(N)=S)C1. The van der Waals surface area contributed by atoms with Gasteiger partial charge in [-0.2, -0.15) is 0 Å². The van der Waals surface area contributed by atoms with Gasteiger partial charge in [0.15, 0.2) is 0 Å². The van der Waals surface area contributed by atoms with Gasteiger partial charge < -0.3 is 10.6 Å². The Kier molecular flexibility index (Phi) is 4.17. The maximum absolute atomic E-state index is 13.8. The van der Waals surface area contributed by atoms with Crippen molar-refractivity contribution in [3.05, 3.63) is 29.6 Å². The lowest BCUT2D eigenvalue weighted by molar-refractivity contribution is 0.529. The van der Waals surface area contributed by atoms with Gasteiger partial charge >= 0.3 is 0 Å². The Morgan fingerprint density at radius 1 is 1.56 bits per heavy atom. The van der Waals surface area contributed by atoms with Gasteiger partial charge in [0.1, 0.15) is 10.8 Å². The zero-order valence-electron chi connectivity index (χ0n) is 10.7. The molecule has 0 aliphatic carbocycles. The summed E-state index contributed by atoms with van der Waals surface area (Å²) in [4.78, 5) is 2.35. The van der Waals surface area contributed by atoms with Gasteiger partial charge in [0, 0.05) is 18.8 Å². The molecule has 98 valence electrons. The Balaban J connectivity index is 2.24. The monoisotopic (exact) mass is 266 g/mol. The van der Waals surface area contributed by atoms with E-state index in [1.807, 2.05) is 6.07 Å². The highest BCUT2D eigenvalue weighted by Gasteiger charge is 2.25. The van der Waals surface area contributed by atoms with Crippen molar-refractivity contribution < 1.29 is 4.39 Å². The van der Waals surface area contributed by atoms with Crippen molar-refractivity contribution in [2.45, 2.75) is 26.2 Å². The van der Waals surface area contributed by atoms with Gasteiger partial charge in [0.25, 0.3) is 0 Å². The average Bonchev–Trinajstić information content (AvgIpc) is 2.77. The summed E-state index contributed by atoms with van der Waals surface area (Å²) in [7, 11) is 0. The van der Waals surface area contributed by atoms with E-state index in [0.717, 1.165) is 18.8 Å². The number of thiocarbonyl (C=S) groups is 1. The average molecular weight is 266 g/mol. The van der Waals surface area contributed by atoms with Crippen LogP contribution in [0, 0.1) is 11.7 Å². The van der Waals surface area contributed by atoms with Crippen molar-refractivity contribution >= 4 is 22.9 Å². The van der Waals surface area contributed by atoms with E-state index in [9.17, 15) is 4.39 Å². The summed E-state index contributed by atoms with van der Waals surface area (Å²) in [6.07, 6.45) is 3.60. The highest BCUT2D eigenvalue weighted by molar-refractivity contribution is 7.80. The number of halogens is 1. The summed E-state index contributed by atoms with van der Waals surface area (Å²) in [5, 5.41) is 0. The number of hydrogen-bond donors (Lipinski definition) is 1. The third-order valence-corrected chi connectivity index (χ3v) is 3.77.